The van der Waals surface area contributed by atoms with Crippen molar-refractivity contribution in [2.24, 2.45) is 0 Å². The van der Waals surface area contributed by atoms with Gasteiger partial charge in [-0.25, -0.2) is 0 Å². The number of carboxylic acid groups (broad SMARTS) is 5. The molecule has 0 saturated heterocycles. The summed E-state index contributed by atoms with van der Waals surface area (Å²) in [6.45, 7) is -4.16. The van der Waals surface area contributed by atoms with E-state index in [-0.39, 0.29) is 63.9 Å². The Morgan fingerprint density at radius 2 is 0.607 bits per heavy atom. The van der Waals surface area contributed by atoms with E-state index in [2.05, 4.69) is 0 Å². The number of nitrogens with zero attached hydrogens (tertiary/aromatic N) is 3. The van der Waals surface area contributed by atoms with Crippen LogP contribution in [-0.4, -0.2) is 141 Å². The van der Waals surface area contributed by atoms with Gasteiger partial charge in [0.05, 0.1) is 29.8 Å². The van der Waals surface area contributed by atoms with Gasteiger partial charge in [0.25, 0.3) is 0 Å². The molecule has 0 aromatic heterocycles. The van der Waals surface area contributed by atoms with Crippen LogP contribution in [0.4, 0.5) is 0 Å². The zero-order valence-electron chi connectivity index (χ0n) is 15.0. The van der Waals surface area contributed by atoms with Gasteiger partial charge in [0.1, 0.15) is 0 Å². The van der Waals surface area contributed by atoms with E-state index in [1.54, 1.807) is 0 Å². The van der Waals surface area contributed by atoms with Crippen molar-refractivity contribution in [1.29, 1.82) is 0 Å². The predicted molar refractivity (Wildman–Crippen MR) is 80.1 cm³/mol. The molecule has 0 spiro atoms. The fourth-order valence-corrected chi connectivity index (χ4v) is 2.18. The molecule has 154 valence electrons. The molecule has 0 rings (SSSR count). The quantitative estimate of drug-likeness (QED) is 0.209. The van der Waals surface area contributed by atoms with Gasteiger partial charge < -0.3 is 49.5 Å². The van der Waals surface area contributed by atoms with Crippen LogP contribution in [0.15, 0.2) is 0 Å². The van der Waals surface area contributed by atoms with Gasteiger partial charge in [-0.15, -0.1) is 0 Å². The molecule has 0 aliphatic carbocycles. The molecular weight excluding hydrogens is 410 g/mol. The summed E-state index contributed by atoms with van der Waals surface area (Å²) in [6.07, 6.45) is 0. The van der Waals surface area contributed by atoms with Gasteiger partial charge in [-0.05, 0) is 0 Å². The van der Waals surface area contributed by atoms with E-state index in [9.17, 15) is 49.5 Å². The molecule has 14 heteroatoms. The van der Waals surface area contributed by atoms with Crippen LogP contribution in [0.25, 0.3) is 0 Å². The van der Waals surface area contributed by atoms with Gasteiger partial charge in [0, 0.05) is 58.9 Å². The molecule has 0 atom stereocenters. The maximum Gasteiger partial charge on any atom is 2.00 e. The van der Waals surface area contributed by atoms with E-state index >= 15 is 0 Å². The van der Waals surface area contributed by atoms with Crippen LogP contribution in [0.3, 0.4) is 0 Å². The summed E-state index contributed by atoms with van der Waals surface area (Å²) in [5.74, 6) is -7.67. The molecule has 0 fully saturated rings. The summed E-state index contributed by atoms with van der Waals surface area (Å²) in [5, 5.41) is 53.3. The first kappa shape index (κ1) is 28.7. The summed E-state index contributed by atoms with van der Waals surface area (Å²) >= 11 is 0. The second kappa shape index (κ2) is 15.4. The van der Waals surface area contributed by atoms with Crippen molar-refractivity contribution < 1.29 is 49.5 Å². The number of hydrogen-bond donors (Lipinski definition) is 0. The number of rotatable bonds is 16. The molecule has 0 aliphatic rings. The maximum atomic E-state index is 10.8. The van der Waals surface area contributed by atoms with Crippen LogP contribution >= 0.6 is 0 Å². The fraction of sp³-hybridized carbons (Fsp3) is 0.643. The van der Waals surface area contributed by atoms with Gasteiger partial charge >= 0.3 is 37.7 Å². The maximum absolute atomic E-state index is 10.8. The molecule has 0 aromatic carbocycles. The van der Waals surface area contributed by atoms with E-state index < -0.39 is 62.6 Å². The van der Waals surface area contributed by atoms with Crippen molar-refractivity contribution in [2.45, 2.75) is 0 Å². The van der Waals surface area contributed by atoms with Crippen molar-refractivity contribution in [3.8, 4) is 0 Å². The normalized spacial score (nSPS) is 10.7. The molecule has 0 bridgehead atoms. The summed E-state index contributed by atoms with van der Waals surface area (Å²) in [4.78, 5) is 56.4. The number of aliphatic carboxylic acids is 5. The SMILES string of the molecule is O=C([O-])CN(CCN(CC(=O)[O-])CC(=O)[O-])CCN(CC(=O)[O-])CC(=O)[O-].[Ca+2]. The van der Waals surface area contributed by atoms with Crippen molar-refractivity contribution in [3.63, 3.8) is 0 Å². The number of carbonyl (C=O) groups excluding carboxylic acids is 5. The van der Waals surface area contributed by atoms with Crippen LogP contribution < -0.4 is 25.5 Å². The van der Waals surface area contributed by atoms with E-state index in [0.717, 1.165) is 9.80 Å². The molecule has 0 aromatic rings. The Bertz CT molecular complexity index is 487. The minimum atomic E-state index is -1.54. The van der Waals surface area contributed by atoms with E-state index in [4.69, 9.17) is 0 Å². The average molecular weight is 428 g/mol. The van der Waals surface area contributed by atoms with Crippen LogP contribution in [0.1, 0.15) is 0 Å². The van der Waals surface area contributed by atoms with Gasteiger partial charge in [0.15, 0.2) is 0 Å². The topological polar surface area (TPSA) is 210 Å². The Balaban J connectivity index is 0. The number of carbonyl (C=O) groups is 5. The molecule has 28 heavy (non-hydrogen) atoms. The molecule has 0 aliphatic heterocycles. The zero-order valence-corrected chi connectivity index (χ0v) is 17.2. The Kier molecular flexibility index (Phi) is 15.8. The number of carboxylic acids is 5. The average Bonchev–Trinajstić information content (AvgIpc) is 2.46. The van der Waals surface area contributed by atoms with Gasteiger partial charge in [0.2, 0.25) is 0 Å². The fourth-order valence-electron chi connectivity index (χ4n) is 2.18. The molecule has 0 amide bonds. The third-order valence-electron chi connectivity index (χ3n) is 3.23. The summed E-state index contributed by atoms with van der Waals surface area (Å²) < 4.78 is 0. The second-order valence-electron chi connectivity index (χ2n) is 5.56. The van der Waals surface area contributed by atoms with E-state index in [1.807, 2.05) is 0 Å². The van der Waals surface area contributed by atoms with Gasteiger partial charge in [-0.2, -0.15) is 0 Å². The summed E-state index contributed by atoms with van der Waals surface area (Å²) in [7, 11) is 0. The largest absolute Gasteiger partial charge is 2.00 e. The molecule has 0 radical (unpaired) electrons. The standard InChI is InChI=1S/C14H23N3O10.Ca/c18-10(19)5-15(1-3-16(6-11(20)21)7-12(22)23)2-4-17(8-13(24)25)9-14(26)27;/h1-9H2,(H,18,19)(H,20,21)(H,22,23)(H,24,25)(H,26,27);/q;+2/p-5. The molecule has 0 saturated carbocycles. The zero-order chi connectivity index (χ0) is 21.0. The van der Waals surface area contributed by atoms with Gasteiger partial charge in [-0.3, -0.25) is 14.7 Å². The molecular formula is C14H18CaN3O10-3. The van der Waals surface area contributed by atoms with Crippen LogP contribution in [0, 0.1) is 0 Å². The summed E-state index contributed by atoms with van der Waals surface area (Å²) in [5.41, 5.74) is 0. The Morgan fingerprint density at radius 3 is 0.821 bits per heavy atom. The third-order valence-corrected chi connectivity index (χ3v) is 3.23. The molecule has 0 unspecified atom stereocenters. The van der Waals surface area contributed by atoms with Crippen LogP contribution in [-0.2, 0) is 24.0 Å². The van der Waals surface area contributed by atoms with E-state index in [1.165, 1.54) is 4.90 Å². The smallest absolute Gasteiger partial charge is 0.549 e. The second-order valence-corrected chi connectivity index (χ2v) is 5.56. The number of hydrogen-bond acceptors (Lipinski definition) is 13. The summed E-state index contributed by atoms with van der Waals surface area (Å²) in [6, 6.07) is 0. The van der Waals surface area contributed by atoms with Crippen molar-refractivity contribution >= 4 is 67.6 Å². The minimum Gasteiger partial charge on any atom is -0.549 e. The molecule has 0 heterocycles. The predicted octanol–water partition coefficient (Wildman–Crippen LogP) is -9.74. The van der Waals surface area contributed by atoms with E-state index in [0.29, 0.717) is 0 Å². The first-order chi connectivity index (χ1) is 12.5. The molecule has 0 N–H and O–H groups in total. The van der Waals surface area contributed by atoms with Crippen LogP contribution in [0.2, 0.25) is 0 Å². The minimum absolute atomic E-state index is 0. The van der Waals surface area contributed by atoms with Crippen LogP contribution in [0.5, 0.6) is 0 Å². The van der Waals surface area contributed by atoms with Gasteiger partial charge in [-0.1, -0.05) is 0 Å². The Labute approximate surface area is 190 Å². The van der Waals surface area contributed by atoms with Crippen molar-refractivity contribution in [3.05, 3.63) is 0 Å². The monoisotopic (exact) mass is 428 g/mol. The van der Waals surface area contributed by atoms with Crippen molar-refractivity contribution in [2.75, 3.05) is 58.9 Å². The Hall–Kier alpha value is -1.51. The Morgan fingerprint density at radius 1 is 0.429 bits per heavy atom. The first-order valence-corrected chi connectivity index (χ1v) is 7.66. The molecule has 13 nitrogen and oxygen atoms in total. The third kappa shape index (κ3) is 16.6. The first-order valence-electron chi connectivity index (χ1n) is 7.66. The van der Waals surface area contributed by atoms with Crippen molar-refractivity contribution in [1.82, 2.24) is 14.7 Å².